The third kappa shape index (κ3) is 4.27. The van der Waals surface area contributed by atoms with Crippen LogP contribution in [0.1, 0.15) is 5.56 Å². The van der Waals surface area contributed by atoms with Gasteiger partial charge in [-0.05, 0) is 18.2 Å². The fraction of sp³-hybridized carbons (Fsp3) is 0.400. The lowest BCUT2D eigenvalue weighted by Gasteiger charge is -2.39. The first-order chi connectivity index (χ1) is 11.8. The maximum absolute atomic E-state index is 13.8. The molecule has 0 aliphatic carbocycles. The van der Waals surface area contributed by atoms with E-state index in [-0.39, 0.29) is 10.6 Å². The van der Waals surface area contributed by atoms with E-state index in [9.17, 15) is 29.6 Å². The van der Waals surface area contributed by atoms with Crippen LogP contribution in [0.2, 0.25) is 5.02 Å². The molecule has 1 heterocycles. The summed E-state index contributed by atoms with van der Waals surface area (Å²) >= 11 is 5.82. The second-order valence-corrected chi connectivity index (χ2v) is 5.67. The smallest absolute Gasteiger partial charge is 0.371 e. The van der Waals surface area contributed by atoms with Gasteiger partial charge in [0, 0.05) is 5.56 Å². The van der Waals surface area contributed by atoms with Crippen LogP contribution >= 0.6 is 11.6 Å². The first-order valence-electron chi connectivity index (χ1n) is 7.12. The normalized spacial score (nSPS) is 30.2. The van der Waals surface area contributed by atoms with E-state index < -0.39 is 54.9 Å². The van der Waals surface area contributed by atoms with Crippen LogP contribution in [0.4, 0.5) is 4.39 Å². The summed E-state index contributed by atoms with van der Waals surface area (Å²) in [7, 11) is 0. The Bertz CT molecular complexity index is 645. The first-order valence-corrected chi connectivity index (χ1v) is 7.50. The van der Waals surface area contributed by atoms with Gasteiger partial charge in [-0.2, -0.15) is 0 Å². The lowest BCUT2D eigenvalue weighted by atomic mass is 9.99. The standard InChI is InChI=1S/C15H16ClFO8/c16-7-2-1-3-8(17)6(7)4-9(14(22)23)24-15-13(21)12(20)11(19)10(5-18)25-15/h1-4,10-13,15,18-21H,5H2,(H,22,23)/b9-4+/t10-,11+,12-,13+,15-/m0/s1. The third-order valence-corrected chi connectivity index (χ3v) is 3.91. The maximum Gasteiger partial charge on any atom is 0.371 e. The fourth-order valence-electron chi connectivity index (χ4n) is 2.22. The van der Waals surface area contributed by atoms with Crippen LogP contribution < -0.4 is 0 Å². The van der Waals surface area contributed by atoms with Crippen molar-refractivity contribution in [3.05, 3.63) is 40.4 Å². The molecule has 0 saturated carbocycles. The number of aliphatic carboxylic acids is 1. The van der Waals surface area contributed by atoms with E-state index in [0.29, 0.717) is 0 Å². The van der Waals surface area contributed by atoms with Crippen molar-refractivity contribution in [3.63, 3.8) is 0 Å². The molecule has 5 N–H and O–H groups in total. The van der Waals surface area contributed by atoms with Crippen molar-refractivity contribution >= 4 is 23.6 Å². The van der Waals surface area contributed by atoms with Gasteiger partial charge in [0.25, 0.3) is 0 Å². The minimum absolute atomic E-state index is 0.0730. The van der Waals surface area contributed by atoms with E-state index in [4.69, 9.17) is 26.2 Å². The average Bonchev–Trinajstić information content (AvgIpc) is 2.57. The Kier molecular flexibility index (Phi) is 6.33. The molecule has 0 spiro atoms. The Morgan fingerprint density at radius 3 is 2.52 bits per heavy atom. The van der Waals surface area contributed by atoms with Gasteiger partial charge in [0.1, 0.15) is 30.2 Å². The number of carboxylic acid groups (broad SMARTS) is 1. The van der Waals surface area contributed by atoms with Crippen LogP contribution in [0.15, 0.2) is 24.0 Å². The predicted octanol–water partition coefficient (Wildman–Crippen LogP) is -0.279. The summed E-state index contributed by atoms with van der Waals surface area (Å²) in [4.78, 5) is 11.3. The monoisotopic (exact) mass is 378 g/mol. The number of halogens is 2. The number of aliphatic hydroxyl groups is 4. The quantitative estimate of drug-likeness (QED) is 0.348. The summed E-state index contributed by atoms with van der Waals surface area (Å²) in [6.07, 6.45) is -7.39. The molecule has 0 radical (unpaired) electrons. The summed E-state index contributed by atoms with van der Waals surface area (Å²) in [6.45, 7) is -0.712. The summed E-state index contributed by atoms with van der Waals surface area (Å²) < 4.78 is 23.9. The highest BCUT2D eigenvalue weighted by Gasteiger charge is 2.45. The molecule has 1 saturated heterocycles. The predicted molar refractivity (Wildman–Crippen MR) is 81.9 cm³/mol. The molecule has 0 aromatic heterocycles. The second kappa shape index (κ2) is 8.09. The minimum atomic E-state index is -1.81. The van der Waals surface area contributed by atoms with Crippen molar-refractivity contribution in [3.8, 4) is 0 Å². The molecular weight excluding hydrogens is 363 g/mol. The summed E-state index contributed by atoms with van der Waals surface area (Å²) in [5, 5.41) is 47.5. The van der Waals surface area contributed by atoms with Gasteiger partial charge in [-0.1, -0.05) is 17.7 Å². The highest BCUT2D eigenvalue weighted by Crippen LogP contribution is 2.26. The molecule has 138 valence electrons. The van der Waals surface area contributed by atoms with Crippen molar-refractivity contribution < 1.29 is 44.2 Å². The topological polar surface area (TPSA) is 137 Å². The highest BCUT2D eigenvalue weighted by atomic mass is 35.5. The van der Waals surface area contributed by atoms with Gasteiger partial charge in [-0.25, -0.2) is 9.18 Å². The summed E-state index contributed by atoms with van der Waals surface area (Å²) in [5.74, 6) is -3.24. The highest BCUT2D eigenvalue weighted by molar-refractivity contribution is 6.32. The van der Waals surface area contributed by atoms with Gasteiger partial charge in [0.05, 0.1) is 11.6 Å². The molecule has 0 unspecified atom stereocenters. The molecule has 5 atom stereocenters. The molecular formula is C15H16ClFO8. The molecule has 1 fully saturated rings. The first kappa shape index (κ1) is 19.6. The van der Waals surface area contributed by atoms with E-state index in [2.05, 4.69) is 0 Å². The Morgan fingerprint density at radius 1 is 1.28 bits per heavy atom. The Labute approximate surface area is 146 Å². The van der Waals surface area contributed by atoms with Crippen molar-refractivity contribution in [2.45, 2.75) is 30.7 Å². The van der Waals surface area contributed by atoms with Gasteiger partial charge in [0.15, 0.2) is 0 Å². The number of aliphatic hydroxyl groups excluding tert-OH is 4. The lowest BCUT2D eigenvalue weighted by Crippen LogP contribution is -2.59. The maximum atomic E-state index is 13.8. The molecule has 10 heteroatoms. The van der Waals surface area contributed by atoms with Crippen molar-refractivity contribution in [2.24, 2.45) is 0 Å². The number of rotatable bonds is 5. The number of hydrogen-bond acceptors (Lipinski definition) is 7. The van der Waals surface area contributed by atoms with Crippen LogP contribution in [0.25, 0.3) is 6.08 Å². The molecule has 1 aliphatic rings. The number of ether oxygens (including phenoxy) is 2. The number of hydrogen-bond donors (Lipinski definition) is 5. The number of carboxylic acids is 1. The van der Waals surface area contributed by atoms with E-state index >= 15 is 0 Å². The van der Waals surface area contributed by atoms with Crippen LogP contribution in [-0.2, 0) is 14.3 Å². The van der Waals surface area contributed by atoms with Gasteiger partial charge in [-0.15, -0.1) is 0 Å². The number of benzene rings is 1. The largest absolute Gasteiger partial charge is 0.475 e. The molecule has 0 amide bonds. The SMILES string of the molecule is O=C(O)/C(=C\c1c(F)cccc1Cl)O[C@H]1O[C@@H](CO)[C@@H](O)[C@H](O)[C@H]1O. The summed E-state index contributed by atoms with van der Waals surface area (Å²) in [6, 6.07) is 3.72. The Hall–Kier alpha value is -1.75. The third-order valence-electron chi connectivity index (χ3n) is 3.58. The molecule has 1 aliphatic heterocycles. The average molecular weight is 379 g/mol. The van der Waals surface area contributed by atoms with E-state index in [1.807, 2.05) is 0 Å². The zero-order chi connectivity index (χ0) is 18.7. The molecule has 1 aromatic rings. The van der Waals surface area contributed by atoms with Crippen molar-refractivity contribution in [1.29, 1.82) is 0 Å². The fourth-order valence-corrected chi connectivity index (χ4v) is 2.43. The van der Waals surface area contributed by atoms with Crippen LogP contribution in [0.3, 0.4) is 0 Å². The van der Waals surface area contributed by atoms with Crippen molar-refractivity contribution in [2.75, 3.05) is 6.61 Å². The lowest BCUT2D eigenvalue weighted by molar-refractivity contribution is -0.291. The number of carbonyl (C=O) groups is 1. The van der Waals surface area contributed by atoms with E-state index in [0.717, 1.165) is 12.1 Å². The molecule has 8 nitrogen and oxygen atoms in total. The molecule has 1 aromatic carbocycles. The van der Waals surface area contributed by atoms with Crippen LogP contribution in [0, 0.1) is 5.82 Å². The molecule has 0 bridgehead atoms. The van der Waals surface area contributed by atoms with Gasteiger partial charge in [0.2, 0.25) is 12.0 Å². The Balaban J connectivity index is 2.30. The zero-order valence-corrected chi connectivity index (χ0v) is 13.4. The molecule has 25 heavy (non-hydrogen) atoms. The Morgan fingerprint density at radius 2 is 1.96 bits per heavy atom. The van der Waals surface area contributed by atoms with Crippen molar-refractivity contribution in [1.82, 2.24) is 0 Å². The van der Waals surface area contributed by atoms with Crippen LogP contribution in [-0.4, -0.2) is 68.8 Å². The van der Waals surface area contributed by atoms with E-state index in [1.54, 1.807) is 0 Å². The van der Waals surface area contributed by atoms with Gasteiger partial charge in [-0.3, -0.25) is 0 Å². The van der Waals surface area contributed by atoms with Gasteiger partial charge >= 0.3 is 5.97 Å². The van der Waals surface area contributed by atoms with Crippen LogP contribution in [0.5, 0.6) is 0 Å². The zero-order valence-electron chi connectivity index (χ0n) is 12.6. The molecule has 2 rings (SSSR count). The second-order valence-electron chi connectivity index (χ2n) is 5.26. The van der Waals surface area contributed by atoms with Gasteiger partial charge < -0.3 is 35.0 Å². The van der Waals surface area contributed by atoms with E-state index in [1.165, 1.54) is 12.1 Å². The summed E-state index contributed by atoms with van der Waals surface area (Å²) in [5.41, 5.74) is -0.258. The minimum Gasteiger partial charge on any atom is -0.475 e.